The van der Waals surface area contributed by atoms with Gasteiger partial charge >= 0.3 is 0 Å². The van der Waals surface area contributed by atoms with Crippen molar-refractivity contribution in [3.8, 4) is 11.8 Å². The Morgan fingerprint density at radius 1 is 1.03 bits per heavy atom. The number of carbonyl (C=O) groups is 1. The van der Waals surface area contributed by atoms with Gasteiger partial charge in [0.15, 0.2) is 11.4 Å². The third-order valence-corrected chi connectivity index (χ3v) is 6.14. The van der Waals surface area contributed by atoms with Gasteiger partial charge in [0, 0.05) is 6.42 Å². The third kappa shape index (κ3) is 4.35. The maximum Gasteiger partial charge on any atom is 0.291 e. The normalized spacial score (nSPS) is 15.6. The van der Waals surface area contributed by atoms with Crippen LogP contribution in [0.25, 0.3) is 0 Å². The molecule has 0 atom stereocenters. The van der Waals surface area contributed by atoms with E-state index in [1.165, 1.54) is 25.3 Å². The van der Waals surface area contributed by atoms with E-state index in [-0.39, 0.29) is 39.7 Å². The molecule has 0 aliphatic carbocycles. The van der Waals surface area contributed by atoms with Gasteiger partial charge in [-0.2, -0.15) is 9.97 Å². The zero-order valence-corrected chi connectivity index (χ0v) is 21.1. The van der Waals surface area contributed by atoms with E-state index < -0.39 is 5.91 Å². The molecule has 4 rings (SSSR count). The minimum absolute atomic E-state index is 0.0614. The molecule has 3 aromatic rings. The van der Waals surface area contributed by atoms with Crippen LogP contribution in [0.1, 0.15) is 66.3 Å². The van der Waals surface area contributed by atoms with Crippen molar-refractivity contribution < 1.29 is 23.4 Å². The Morgan fingerprint density at radius 2 is 1.62 bits per heavy atom. The van der Waals surface area contributed by atoms with Gasteiger partial charge in [0.25, 0.3) is 5.91 Å². The summed E-state index contributed by atoms with van der Waals surface area (Å²) in [5.74, 6) is 0.473. The Kier molecular flexibility index (Phi) is 6.08. The van der Waals surface area contributed by atoms with Gasteiger partial charge < -0.3 is 23.9 Å². The Morgan fingerprint density at radius 3 is 2.21 bits per heavy atom. The zero-order valence-electron chi connectivity index (χ0n) is 20.3. The van der Waals surface area contributed by atoms with Crippen LogP contribution in [0.2, 0.25) is 5.28 Å². The lowest BCUT2D eigenvalue weighted by Gasteiger charge is -2.24. The van der Waals surface area contributed by atoms with Gasteiger partial charge in [0.2, 0.25) is 17.0 Å². The van der Waals surface area contributed by atoms with E-state index in [0.29, 0.717) is 12.2 Å². The number of nitrogens with one attached hydrogen (secondary N) is 1. The number of methoxy groups -OCH3 is 2. The molecule has 0 saturated heterocycles. The van der Waals surface area contributed by atoms with E-state index in [2.05, 4.69) is 62.0 Å². The smallest absolute Gasteiger partial charge is 0.291 e. The van der Waals surface area contributed by atoms with E-state index in [0.717, 1.165) is 11.1 Å². The molecule has 0 saturated carbocycles. The Bertz CT molecular complexity index is 1240. The quantitative estimate of drug-likeness (QED) is 0.467. The van der Waals surface area contributed by atoms with Crippen molar-refractivity contribution in [2.75, 3.05) is 19.5 Å². The lowest BCUT2D eigenvalue weighted by Crippen LogP contribution is -2.22. The summed E-state index contributed by atoms with van der Waals surface area (Å²) in [6.07, 6.45) is 0.541. The summed E-state index contributed by atoms with van der Waals surface area (Å²) in [5, 5.41) is 2.62. The third-order valence-electron chi connectivity index (χ3n) is 5.97. The topological polar surface area (TPSA) is 95.7 Å². The van der Waals surface area contributed by atoms with Crippen LogP contribution in [-0.4, -0.2) is 30.1 Å². The first kappa shape index (κ1) is 24.0. The van der Waals surface area contributed by atoms with E-state index in [9.17, 15) is 4.79 Å². The molecule has 3 heterocycles. The number of aryl methyl sites for hydroxylation is 1. The van der Waals surface area contributed by atoms with E-state index >= 15 is 0 Å². The number of halogens is 1. The maximum absolute atomic E-state index is 12.9. The molecule has 1 aliphatic rings. The largest absolute Gasteiger partial charge is 0.479 e. The highest BCUT2D eigenvalue weighted by molar-refractivity contribution is 6.28. The number of rotatable bonds is 6. The highest BCUT2D eigenvalue weighted by atomic mass is 35.5. The van der Waals surface area contributed by atoms with Crippen LogP contribution < -0.4 is 14.8 Å². The highest BCUT2D eigenvalue weighted by Crippen LogP contribution is 2.47. The zero-order chi connectivity index (χ0) is 24.8. The van der Waals surface area contributed by atoms with Crippen LogP contribution in [0.15, 0.2) is 28.7 Å². The molecule has 2 aromatic heterocycles. The summed E-state index contributed by atoms with van der Waals surface area (Å²) in [6.45, 7) is 10.4. The average Bonchev–Trinajstić information content (AvgIpc) is 3.29. The SMILES string of the molecule is COc1nc(Cl)nc(OC)c1NC(=O)c1ccc(Cc2cc3c(cc2C)C(C)(C)OC3(C)C)o1. The first-order valence-corrected chi connectivity index (χ1v) is 11.2. The Labute approximate surface area is 203 Å². The summed E-state index contributed by atoms with van der Waals surface area (Å²) in [4.78, 5) is 20.8. The molecule has 1 amide bonds. The predicted molar refractivity (Wildman–Crippen MR) is 128 cm³/mol. The number of furan rings is 1. The summed E-state index contributed by atoms with van der Waals surface area (Å²) in [7, 11) is 2.82. The summed E-state index contributed by atoms with van der Waals surface area (Å²) in [6, 6.07) is 7.79. The number of aromatic nitrogens is 2. The van der Waals surface area contributed by atoms with Crippen LogP contribution in [0.5, 0.6) is 11.8 Å². The number of nitrogens with zero attached hydrogens (tertiary/aromatic N) is 2. The van der Waals surface area contributed by atoms with Crippen molar-refractivity contribution in [3.63, 3.8) is 0 Å². The van der Waals surface area contributed by atoms with Crippen LogP contribution >= 0.6 is 11.6 Å². The monoisotopic (exact) mass is 485 g/mol. The number of hydrogen-bond donors (Lipinski definition) is 1. The van der Waals surface area contributed by atoms with Gasteiger partial charge in [0.1, 0.15) is 5.76 Å². The van der Waals surface area contributed by atoms with Crippen molar-refractivity contribution >= 4 is 23.2 Å². The second-order valence-electron chi connectivity index (χ2n) is 9.23. The minimum Gasteiger partial charge on any atom is -0.479 e. The Balaban J connectivity index is 1.57. The van der Waals surface area contributed by atoms with Crippen molar-refractivity contribution in [1.82, 2.24) is 9.97 Å². The van der Waals surface area contributed by atoms with Gasteiger partial charge in [-0.25, -0.2) is 0 Å². The number of fused-ring (bicyclic) bond motifs is 1. The fourth-order valence-electron chi connectivity index (χ4n) is 4.44. The fourth-order valence-corrected chi connectivity index (χ4v) is 4.60. The molecule has 1 aromatic carbocycles. The molecular weight excluding hydrogens is 458 g/mol. The van der Waals surface area contributed by atoms with Gasteiger partial charge in [-0.3, -0.25) is 4.79 Å². The van der Waals surface area contributed by atoms with Crippen molar-refractivity contribution in [1.29, 1.82) is 0 Å². The lowest BCUT2D eigenvalue weighted by atomic mass is 9.86. The lowest BCUT2D eigenvalue weighted by molar-refractivity contribution is -0.105. The summed E-state index contributed by atoms with van der Waals surface area (Å²) < 4.78 is 22.6. The Hall–Kier alpha value is -3.10. The van der Waals surface area contributed by atoms with Crippen molar-refractivity contribution in [2.24, 2.45) is 0 Å². The van der Waals surface area contributed by atoms with Gasteiger partial charge in [-0.05, 0) is 80.6 Å². The molecule has 8 nitrogen and oxygen atoms in total. The van der Waals surface area contributed by atoms with E-state index in [1.54, 1.807) is 12.1 Å². The van der Waals surface area contributed by atoms with E-state index in [4.69, 9.17) is 30.2 Å². The first-order chi connectivity index (χ1) is 15.9. The number of hydrogen-bond acceptors (Lipinski definition) is 7. The molecule has 1 N–H and O–H groups in total. The van der Waals surface area contributed by atoms with Crippen LogP contribution in [0, 0.1) is 6.92 Å². The van der Waals surface area contributed by atoms with Crippen molar-refractivity contribution in [3.05, 3.63) is 63.3 Å². The second-order valence-corrected chi connectivity index (χ2v) is 9.57. The molecule has 0 radical (unpaired) electrons. The number of benzene rings is 1. The molecule has 0 spiro atoms. The summed E-state index contributed by atoms with van der Waals surface area (Å²) in [5.41, 5.74) is 4.07. The first-order valence-electron chi connectivity index (χ1n) is 10.9. The number of ether oxygens (including phenoxy) is 3. The molecular formula is C25H28ClN3O5. The van der Waals surface area contributed by atoms with E-state index in [1.807, 2.05) is 0 Å². The average molecular weight is 486 g/mol. The molecule has 0 unspecified atom stereocenters. The highest BCUT2D eigenvalue weighted by Gasteiger charge is 2.43. The van der Waals surface area contributed by atoms with Crippen LogP contribution in [-0.2, 0) is 22.4 Å². The standard InChI is InChI=1S/C25H28ClN3O5/c1-13-10-16-17(25(4,5)34-24(16,2)3)12-14(13)11-15-8-9-18(33-15)20(30)27-19-21(31-6)28-23(26)29-22(19)32-7/h8-10,12H,11H2,1-7H3,(H,27,30). The maximum atomic E-state index is 12.9. The molecule has 1 aliphatic heterocycles. The number of anilines is 1. The molecule has 9 heteroatoms. The molecule has 180 valence electrons. The minimum atomic E-state index is -0.490. The second kappa shape index (κ2) is 8.60. The number of amides is 1. The van der Waals surface area contributed by atoms with Gasteiger partial charge in [-0.15, -0.1) is 0 Å². The van der Waals surface area contributed by atoms with Gasteiger partial charge in [0.05, 0.1) is 25.4 Å². The predicted octanol–water partition coefficient (Wildman–Crippen LogP) is 5.39. The van der Waals surface area contributed by atoms with Crippen LogP contribution in [0.4, 0.5) is 5.69 Å². The molecule has 34 heavy (non-hydrogen) atoms. The van der Waals surface area contributed by atoms with Crippen LogP contribution in [0.3, 0.4) is 0 Å². The van der Waals surface area contributed by atoms with Crippen molar-refractivity contribution in [2.45, 2.75) is 52.2 Å². The molecule has 0 bridgehead atoms. The number of carbonyl (C=O) groups excluding carboxylic acids is 1. The fraction of sp³-hybridized carbons (Fsp3) is 0.400. The summed E-state index contributed by atoms with van der Waals surface area (Å²) >= 11 is 5.87. The molecule has 0 fully saturated rings. The van der Waals surface area contributed by atoms with Gasteiger partial charge in [-0.1, -0.05) is 12.1 Å².